The minimum absolute atomic E-state index is 0.666. The minimum Gasteiger partial charge on any atom is -0.461 e. The summed E-state index contributed by atoms with van der Waals surface area (Å²) in [6, 6.07) is 49.5. The lowest BCUT2D eigenvalue weighted by Gasteiger charge is -2.20. The molecule has 0 aliphatic carbocycles. The molecule has 0 aliphatic heterocycles. The zero-order valence-corrected chi connectivity index (χ0v) is 27.7. The van der Waals surface area contributed by atoms with Gasteiger partial charge in [-0.15, -0.1) is 0 Å². The summed E-state index contributed by atoms with van der Waals surface area (Å²) in [5, 5.41) is 6.37. The molecule has 0 unspecified atom stereocenters. The van der Waals surface area contributed by atoms with Crippen LogP contribution >= 0.6 is 48.2 Å². The highest BCUT2D eigenvalue weighted by molar-refractivity contribution is 9.13. The Kier molecular flexibility index (Phi) is 8.33. The number of benzene rings is 6. The molecule has 0 saturated heterocycles. The molecule has 7 heteroatoms. The summed E-state index contributed by atoms with van der Waals surface area (Å²) in [6.45, 7) is 0. The summed E-state index contributed by atoms with van der Waals surface area (Å²) < 4.78 is 22.3. The Hall–Kier alpha value is -3.46. The lowest BCUT2D eigenvalue weighted by Crippen LogP contribution is -2.15. The van der Waals surface area contributed by atoms with Crippen LogP contribution in [0.4, 0.5) is 0 Å². The predicted molar refractivity (Wildman–Crippen MR) is 189 cm³/mol. The van der Waals surface area contributed by atoms with E-state index in [1.807, 2.05) is 66.7 Å². The van der Waals surface area contributed by atoms with Crippen LogP contribution in [0.25, 0.3) is 21.9 Å². The summed E-state index contributed by atoms with van der Waals surface area (Å²) in [5.74, 6) is 1.36. The second-order valence-electron chi connectivity index (χ2n) is 9.72. The van der Waals surface area contributed by atoms with Crippen molar-refractivity contribution in [2.75, 3.05) is 0 Å². The first-order valence-electron chi connectivity index (χ1n) is 13.7. The highest BCUT2D eigenvalue weighted by Gasteiger charge is 2.25. The number of furan rings is 1. The van der Waals surface area contributed by atoms with Crippen LogP contribution in [0.5, 0.6) is 11.5 Å². The molecule has 1 aromatic heterocycles. The quantitative estimate of drug-likeness (QED) is 0.146. The average molecular weight is 726 g/mol. The van der Waals surface area contributed by atoms with Gasteiger partial charge in [0.05, 0.1) is 0 Å². The third kappa shape index (κ3) is 5.76. The smallest absolute Gasteiger partial charge is 0.179 e. The van der Waals surface area contributed by atoms with Gasteiger partial charge in [-0.25, -0.2) is 0 Å². The van der Waals surface area contributed by atoms with Crippen molar-refractivity contribution in [2.24, 2.45) is 0 Å². The summed E-state index contributed by atoms with van der Waals surface area (Å²) in [7, 11) is -2.29. The Bertz CT molecular complexity index is 1920. The van der Waals surface area contributed by atoms with Crippen molar-refractivity contribution in [1.29, 1.82) is 0 Å². The molecular weight excluding hydrogens is 702 g/mol. The van der Waals surface area contributed by atoms with Crippen molar-refractivity contribution in [3.8, 4) is 11.5 Å². The number of hydrogen-bond acceptors (Lipinski definition) is 3. The molecule has 43 heavy (non-hydrogen) atoms. The van der Waals surface area contributed by atoms with Crippen LogP contribution in [0.3, 0.4) is 0 Å². The summed E-state index contributed by atoms with van der Waals surface area (Å²) in [5.41, 5.74) is 1.36. The van der Waals surface area contributed by atoms with Gasteiger partial charge in [0, 0.05) is 40.9 Å². The first-order valence-corrected chi connectivity index (χ1v) is 17.8. The van der Waals surface area contributed by atoms with Gasteiger partial charge in [-0.05, 0) is 44.0 Å². The Morgan fingerprint density at radius 1 is 0.465 bits per heavy atom. The number of rotatable bonds is 8. The standard InChI is InChI=1S/C36H24Br2O3P2/c37-30-24-32(41-43(27-18-9-3-10-19-27)28-20-11-4-12-21-28)36-33(34(30)38)29-22-13-23-31(35(29)39-36)40-42(25-14-5-1-6-15-25)26-16-7-2-8-17-26/h1-24H. The van der Waals surface area contributed by atoms with E-state index in [1.54, 1.807) is 0 Å². The molecule has 1 heterocycles. The molecule has 210 valence electrons. The van der Waals surface area contributed by atoms with E-state index < -0.39 is 16.3 Å². The molecule has 0 amide bonds. The monoisotopic (exact) mass is 724 g/mol. The first-order chi connectivity index (χ1) is 21.2. The fraction of sp³-hybridized carbons (Fsp3) is 0. The molecule has 0 saturated carbocycles. The number of halogens is 2. The minimum atomic E-state index is -1.16. The lowest BCUT2D eigenvalue weighted by atomic mass is 10.1. The zero-order valence-electron chi connectivity index (χ0n) is 22.7. The molecule has 7 rings (SSSR count). The molecule has 7 aromatic rings. The van der Waals surface area contributed by atoms with E-state index in [2.05, 4.69) is 111 Å². The fourth-order valence-electron chi connectivity index (χ4n) is 4.95. The van der Waals surface area contributed by atoms with E-state index in [0.717, 1.165) is 40.9 Å². The molecule has 0 atom stereocenters. The average Bonchev–Trinajstić information content (AvgIpc) is 3.47. The lowest BCUT2D eigenvalue weighted by molar-refractivity contribution is 0.575. The Morgan fingerprint density at radius 3 is 1.37 bits per heavy atom. The third-order valence-electron chi connectivity index (χ3n) is 6.93. The van der Waals surface area contributed by atoms with Crippen molar-refractivity contribution in [3.63, 3.8) is 0 Å². The zero-order chi connectivity index (χ0) is 29.2. The number of fused-ring (bicyclic) bond motifs is 3. The van der Waals surface area contributed by atoms with Crippen LogP contribution in [0, 0.1) is 0 Å². The number of para-hydroxylation sites is 1. The van der Waals surface area contributed by atoms with Gasteiger partial charge in [-0.2, -0.15) is 0 Å². The highest BCUT2D eigenvalue weighted by Crippen LogP contribution is 2.50. The second-order valence-corrected chi connectivity index (χ2v) is 15.0. The van der Waals surface area contributed by atoms with Crippen LogP contribution in [-0.4, -0.2) is 0 Å². The van der Waals surface area contributed by atoms with Gasteiger partial charge in [0.25, 0.3) is 0 Å². The van der Waals surface area contributed by atoms with Crippen LogP contribution in [-0.2, 0) is 0 Å². The van der Waals surface area contributed by atoms with E-state index in [1.165, 1.54) is 0 Å². The number of hydrogen-bond donors (Lipinski definition) is 0. The second kappa shape index (κ2) is 12.6. The van der Waals surface area contributed by atoms with Crippen molar-refractivity contribution in [2.45, 2.75) is 0 Å². The van der Waals surface area contributed by atoms with Gasteiger partial charge in [-0.1, -0.05) is 133 Å². The van der Waals surface area contributed by atoms with Crippen LogP contribution in [0.1, 0.15) is 0 Å². The Balaban J connectivity index is 1.37. The van der Waals surface area contributed by atoms with Crippen molar-refractivity contribution in [3.05, 3.63) is 155 Å². The van der Waals surface area contributed by atoms with E-state index in [0.29, 0.717) is 22.7 Å². The van der Waals surface area contributed by atoms with Gasteiger partial charge in [-0.3, -0.25) is 0 Å². The Labute approximate surface area is 269 Å². The topological polar surface area (TPSA) is 31.6 Å². The summed E-state index contributed by atoms with van der Waals surface area (Å²) >= 11 is 7.60. The van der Waals surface area contributed by atoms with Gasteiger partial charge < -0.3 is 13.5 Å². The molecule has 3 nitrogen and oxygen atoms in total. The van der Waals surface area contributed by atoms with E-state index in [9.17, 15) is 0 Å². The van der Waals surface area contributed by atoms with Gasteiger partial charge in [0.2, 0.25) is 0 Å². The molecule has 0 fully saturated rings. The third-order valence-corrected chi connectivity index (χ3v) is 12.7. The molecule has 0 aliphatic rings. The predicted octanol–water partition coefficient (Wildman–Crippen LogP) is 9.96. The van der Waals surface area contributed by atoms with Crippen molar-refractivity contribution in [1.82, 2.24) is 0 Å². The summed E-state index contributed by atoms with van der Waals surface area (Å²) in [4.78, 5) is 0. The maximum Gasteiger partial charge on any atom is 0.179 e. The van der Waals surface area contributed by atoms with Crippen molar-refractivity contribution < 1.29 is 13.5 Å². The van der Waals surface area contributed by atoms with E-state index in [-0.39, 0.29) is 0 Å². The van der Waals surface area contributed by atoms with Crippen LogP contribution < -0.4 is 30.3 Å². The summed E-state index contributed by atoms with van der Waals surface area (Å²) in [6.07, 6.45) is 0. The Morgan fingerprint density at radius 2 is 0.907 bits per heavy atom. The first kappa shape index (κ1) is 28.3. The van der Waals surface area contributed by atoms with Gasteiger partial charge in [0.15, 0.2) is 39.0 Å². The molecule has 0 radical (unpaired) electrons. The molecule has 0 spiro atoms. The molecule has 6 aromatic carbocycles. The van der Waals surface area contributed by atoms with Crippen molar-refractivity contribution >= 4 is 91.3 Å². The molecule has 0 bridgehead atoms. The maximum atomic E-state index is 6.91. The normalized spacial score (nSPS) is 11.4. The highest BCUT2D eigenvalue weighted by atomic mass is 79.9. The largest absolute Gasteiger partial charge is 0.461 e. The fourth-order valence-corrected chi connectivity index (χ4v) is 9.32. The van der Waals surface area contributed by atoms with Gasteiger partial charge >= 0.3 is 0 Å². The molecule has 0 N–H and O–H groups in total. The van der Waals surface area contributed by atoms with Crippen LogP contribution in [0.2, 0.25) is 0 Å². The van der Waals surface area contributed by atoms with Gasteiger partial charge in [0.1, 0.15) is 0 Å². The SMILES string of the molecule is Brc1cc(OP(c2ccccc2)c2ccccc2)c2oc3c(OP(c4ccccc4)c4ccccc4)cccc3c2c1Br. The van der Waals surface area contributed by atoms with E-state index >= 15 is 0 Å². The van der Waals surface area contributed by atoms with Crippen LogP contribution in [0.15, 0.2) is 159 Å². The van der Waals surface area contributed by atoms with E-state index in [4.69, 9.17) is 13.5 Å². The molecular formula is C36H24Br2O3P2. The maximum absolute atomic E-state index is 6.91.